The summed E-state index contributed by atoms with van der Waals surface area (Å²) in [5, 5.41) is 22.7. The largest absolute Gasteiger partial charge is 4.00 e. The molecule has 0 spiro atoms. The van der Waals surface area contributed by atoms with E-state index in [0.29, 0.717) is 11.8 Å². The first kappa shape index (κ1) is 65.5. The van der Waals surface area contributed by atoms with E-state index < -0.39 is 51.2 Å². The van der Waals surface area contributed by atoms with Gasteiger partial charge in [-0.2, -0.15) is 0 Å². The molecule has 0 atom stereocenters. The van der Waals surface area contributed by atoms with Gasteiger partial charge in [0.25, 0.3) is 0 Å². The molecule has 0 bridgehead atoms. The quantitative estimate of drug-likeness (QED) is 0.139. The van der Waals surface area contributed by atoms with Gasteiger partial charge in [0, 0.05) is 23.2 Å². The molecule has 0 radical (unpaired) electrons. The molecular weight excluding hydrogens is 1390 g/mol. The van der Waals surface area contributed by atoms with E-state index >= 15 is 0 Å². The number of nitrogens with zero attached hydrogens (tertiary/aromatic N) is 2. The van der Waals surface area contributed by atoms with Gasteiger partial charge in [0.15, 0.2) is 0 Å². The number of hydrogen-bond acceptors (Lipinski definition) is 18. The van der Waals surface area contributed by atoms with Crippen molar-refractivity contribution >= 4 is 206 Å². The van der Waals surface area contributed by atoms with Crippen LogP contribution in [0.4, 0.5) is 0 Å². The van der Waals surface area contributed by atoms with Gasteiger partial charge in [-0.15, -0.1) is 69.6 Å². The fourth-order valence-corrected chi connectivity index (χ4v) is 16.8. The first-order chi connectivity index (χ1) is 31.7. The second kappa shape index (κ2) is 30.8. The zero-order valence-corrected chi connectivity index (χ0v) is 52.1. The number of rotatable bonds is 4. The maximum atomic E-state index is 11.3. The first-order valence-electron chi connectivity index (χ1n) is 19.0. The molecule has 10 nitrogen and oxygen atoms in total. The minimum absolute atomic E-state index is 0. The van der Waals surface area contributed by atoms with E-state index in [1.165, 1.54) is 92.8 Å². The van der Waals surface area contributed by atoms with Crippen molar-refractivity contribution in [2.75, 3.05) is 11.8 Å². The molecular formula is C42H40Cl6N2O8PtS10. The number of benzene rings is 2. The van der Waals surface area contributed by atoms with Gasteiger partial charge in [-0.25, -0.2) is 16.8 Å². The first-order valence-corrected chi connectivity index (χ1v) is 31.2. The average Bonchev–Trinajstić information content (AvgIpc) is 4.02. The van der Waals surface area contributed by atoms with Crippen LogP contribution in [0.1, 0.15) is 55.4 Å². The summed E-state index contributed by atoms with van der Waals surface area (Å²) in [4.78, 5) is 17.5. The smallest absolute Gasteiger partial charge is 0.871 e. The monoisotopic (exact) mass is 1420 g/mol. The maximum Gasteiger partial charge on any atom is 4.00 e. The number of alkyl halides is 6. The van der Waals surface area contributed by atoms with Crippen LogP contribution in [-0.2, 0) is 41.3 Å². The molecule has 27 heteroatoms. The molecule has 4 aliphatic rings. The Bertz CT molecular complexity index is 2590. The fourth-order valence-electron chi connectivity index (χ4n) is 4.78. The van der Waals surface area contributed by atoms with Gasteiger partial charge in [-0.3, -0.25) is 9.97 Å². The molecule has 0 saturated carbocycles. The van der Waals surface area contributed by atoms with Gasteiger partial charge in [0.2, 0.25) is 0 Å². The van der Waals surface area contributed by atoms with Crippen molar-refractivity contribution < 1.29 is 57.2 Å². The number of fused-ring (bicyclic) bond motifs is 2. The van der Waals surface area contributed by atoms with Crippen LogP contribution in [0.3, 0.4) is 0 Å². The molecule has 4 aromatic rings. The van der Waals surface area contributed by atoms with Crippen LogP contribution in [0.5, 0.6) is 11.5 Å². The third kappa shape index (κ3) is 20.8. The Labute approximate surface area is 482 Å². The SMILES string of the molecule is CC1=C(C)SC(=C2SC(C)=C(C)S2)S1.CC1=C(C)SC(=C2SC(C)=C(C)S2)S1.ClCC(Cl)Cl.ClCC(Cl)Cl.O=S(=O)([O-])c1ccc([O-])c2ncccc12.O=S(=O)([O-])c1ccc([O-])c2ncccc12.[Pt+4]. The summed E-state index contributed by atoms with van der Waals surface area (Å²) in [6, 6.07) is 9.78. The molecule has 8 rings (SSSR count). The Morgan fingerprint density at radius 1 is 0.464 bits per heavy atom. The van der Waals surface area contributed by atoms with Crippen molar-refractivity contribution in [1.29, 1.82) is 0 Å². The van der Waals surface area contributed by atoms with Gasteiger partial charge in [0.05, 0.1) is 49.5 Å². The minimum Gasteiger partial charge on any atom is -0.871 e. The Hall–Kier alpha value is 0.348. The molecule has 6 heterocycles. The molecule has 0 amide bonds. The minimum atomic E-state index is -4.58. The zero-order chi connectivity index (χ0) is 51.3. The molecule has 4 aliphatic heterocycles. The van der Waals surface area contributed by atoms with Crippen LogP contribution >= 0.6 is 164 Å². The predicted octanol–water partition coefficient (Wildman–Crippen LogP) is 15.6. The standard InChI is InChI=1S/2C10H12S4.2C9H7NO4S.2C2H3Cl3.Pt/c2*1-5-6(2)12-9(11-5)10-13-7(3)8(4)14-10;2*11-7-3-4-8(15(12,13)14)6-2-1-5-10-9(6)7;2*3-1-2(4)5;/h2*1-4H3;2*1-5,11H,(H,12,13,14);2*2H,1H2;/q;;;;;;+4/p-4. The number of halogens is 6. The molecule has 0 fully saturated rings. The molecule has 378 valence electrons. The second-order valence-electron chi connectivity index (χ2n) is 13.3. The van der Waals surface area contributed by atoms with Crippen molar-refractivity contribution in [2.45, 2.75) is 74.9 Å². The summed E-state index contributed by atoms with van der Waals surface area (Å²) in [7, 11) is -9.15. The van der Waals surface area contributed by atoms with Crippen LogP contribution in [0.2, 0.25) is 0 Å². The maximum absolute atomic E-state index is 11.3. The molecule has 2 aromatic heterocycles. The van der Waals surface area contributed by atoms with Crippen molar-refractivity contribution in [1.82, 2.24) is 9.97 Å². The topological polar surface area (TPSA) is 186 Å². The molecule has 69 heavy (non-hydrogen) atoms. The Kier molecular flexibility index (Phi) is 29.2. The molecule has 0 N–H and O–H groups in total. The third-order valence-electron chi connectivity index (χ3n) is 8.44. The summed E-state index contributed by atoms with van der Waals surface area (Å²) >= 11 is 46.0. The molecule has 0 aliphatic carbocycles. The number of pyridine rings is 2. The average molecular weight is 1430 g/mol. The van der Waals surface area contributed by atoms with Crippen molar-refractivity contribution in [2.24, 2.45) is 0 Å². The number of aromatic nitrogens is 2. The fraction of sp³-hybridized carbons (Fsp3) is 0.286. The van der Waals surface area contributed by atoms with E-state index in [1.807, 2.05) is 94.1 Å². The summed E-state index contributed by atoms with van der Waals surface area (Å²) < 4.78 is 71.1. The Balaban J connectivity index is 0.000000295. The number of thioether (sulfide) groups is 8. The Morgan fingerprint density at radius 3 is 0.870 bits per heavy atom. The van der Waals surface area contributed by atoms with E-state index in [1.54, 1.807) is 0 Å². The predicted molar refractivity (Wildman–Crippen MR) is 299 cm³/mol. The molecule has 0 saturated heterocycles. The summed E-state index contributed by atoms with van der Waals surface area (Å²) in [5.74, 6) is -0.192. The van der Waals surface area contributed by atoms with E-state index in [0.717, 1.165) is 24.3 Å². The van der Waals surface area contributed by atoms with Gasteiger partial charge < -0.3 is 19.3 Å². The molecule has 0 unspecified atom stereocenters. The summed E-state index contributed by atoms with van der Waals surface area (Å²) in [6.45, 7) is 17.7. The number of allylic oxidation sites excluding steroid dienone is 8. The summed E-state index contributed by atoms with van der Waals surface area (Å²) in [6.07, 6.45) is 2.73. The van der Waals surface area contributed by atoms with E-state index in [4.69, 9.17) is 69.6 Å². The zero-order valence-electron chi connectivity index (χ0n) is 37.2. The molecule has 2 aromatic carbocycles. The van der Waals surface area contributed by atoms with Crippen molar-refractivity contribution in [3.8, 4) is 11.5 Å². The van der Waals surface area contributed by atoms with Crippen LogP contribution in [0.25, 0.3) is 21.8 Å². The van der Waals surface area contributed by atoms with Crippen LogP contribution in [0, 0.1) is 0 Å². The van der Waals surface area contributed by atoms with E-state index in [2.05, 4.69) is 65.4 Å². The summed E-state index contributed by atoms with van der Waals surface area (Å²) in [5.41, 5.74) is -0.0103. The van der Waals surface area contributed by atoms with Crippen LogP contribution in [0.15, 0.2) is 127 Å². The van der Waals surface area contributed by atoms with Crippen molar-refractivity contribution in [3.05, 3.63) is 117 Å². The van der Waals surface area contributed by atoms with Gasteiger partial charge in [-0.1, -0.05) is 130 Å². The van der Waals surface area contributed by atoms with E-state index in [-0.39, 0.29) is 42.9 Å². The third-order valence-corrected chi connectivity index (χ3v) is 23.7. The van der Waals surface area contributed by atoms with Crippen molar-refractivity contribution in [3.63, 3.8) is 0 Å². The Morgan fingerprint density at radius 2 is 0.681 bits per heavy atom. The van der Waals surface area contributed by atoms with Gasteiger partial charge in [0.1, 0.15) is 29.9 Å². The van der Waals surface area contributed by atoms with Gasteiger partial charge in [-0.05, 0) is 119 Å². The van der Waals surface area contributed by atoms with Gasteiger partial charge >= 0.3 is 21.1 Å². The number of hydrogen-bond donors (Lipinski definition) is 0. The normalized spacial score (nSPS) is 15.9. The van der Waals surface area contributed by atoms with E-state index in [9.17, 15) is 36.2 Å². The van der Waals surface area contributed by atoms with Crippen LogP contribution < -0.4 is 10.2 Å². The second-order valence-corrected chi connectivity index (χ2v) is 30.0. The van der Waals surface area contributed by atoms with Crippen LogP contribution in [-0.4, -0.2) is 57.3 Å².